The maximum Gasteiger partial charge on any atom is 0.232 e. The highest BCUT2D eigenvalue weighted by Crippen LogP contribution is 2.30. The van der Waals surface area contributed by atoms with Crippen LogP contribution in [0, 0.1) is 0 Å². The first-order valence-electron chi connectivity index (χ1n) is 10.2. The molecular formula is C20H40N2OS. The topological polar surface area (TPSA) is 23.6 Å². The lowest BCUT2D eigenvalue weighted by atomic mass is 9.86. The summed E-state index contributed by atoms with van der Waals surface area (Å²) in [6, 6.07) is 0. The summed E-state index contributed by atoms with van der Waals surface area (Å²) in [6.07, 6.45) is 13.3. The van der Waals surface area contributed by atoms with Gasteiger partial charge in [0, 0.05) is 31.7 Å². The van der Waals surface area contributed by atoms with Gasteiger partial charge in [0.1, 0.15) is 0 Å². The predicted octanol–water partition coefficient (Wildman–Crippen LogP) is 4.76. The molecule has 1 saturated heterocycles. The molecule has 0 aromatic rings. The van der Waals surface area contributed by atoms with Gasteiger partial charge in [0.15, 0.2) is 0 Å². The van der Waals surface area contributed by atoms with E-state index in [1.807, 2.05) is 4.90 Å². The third kappa shape index (κ3) is 7.35. The minimum absolute atomic E-state index is 0.185. The smallest absolute Gasteiger partial charge is 0.232 e. The van der Waals surface area contributed by atoms with Crippen molar-refractivity contribution < 1.29 is 4.79 Å². The van der Waals surface area contributed by atoms with Gasteiger partial charge < -0.3 is 4.90 Å². The first-order chi connectivity index (χ1) is 11.6. The van der Waals surface area contributed by atoms with Gasteiger partial charge in [0.05, 0.1) is 5.75 Å². The Hall–Kier alpha value is -0.220. The van der Waals surface area contributed by atoms with Crippen LogP contribution in [0.1, 0.15) is 85.0 Å². The molecule has 0 saturated carbocycles. The minimum atomic E-state index is 0.185. The maximum atomic E-state index is 11.8. The van der Waals surface area contributed by atoms with Gasteiger partial charge in [-0.3, -0.25) is 9.69 Å². The van der Waals surface area contributed by atoms with Gasteiger partial charge in [0.25, 0.3) is 0 Å². The Morgan fingerprint density at radius 1 is 0.875 bits per heavy atom. The monoisotopic (exact) mass is 356 g/mol. The number of carbonyl (C=O) groups excluding carboxylic acids is 1. The quantitative estimate of drug-likeness (QED) is 0.402. The molecule has 0 bridgehead atoms. The van der Waals surface area contributed by atoms with E-state index in [0.29, 0.717) is 11.3 Å². The number of thiol groups is 1. The van der Waals surface area contributed by atoms with E-state index in [-0.39, 0.29) is 5.91 Å². The van der Waals surface area contributed by atoms with E-state index in [0.717, 1.165) is 26.2 Å². The fourth-order valence-electron chi connectivity index (χ4n) is 3.90. The molecular weight excluding hydrogens is 316 g/mol. The van der Waals surface area contributed by atoms with Crippen molar-refractivity contribution in [1.82, 2.24) is 9.80 Å². The van der Waals surface area contributed by atoms with Crippen molar-refractivity contribution in [3.05, 3.63) is 0 Å². The van der Waals surface area contributed by atoms with Crippen LogP contribution in [0.4, 0.5) is 0 Å². The van der Waals surface area contributed by atoms with Crippen molar-refractivity contribution >= 4 is 18.5 Å². The van der Waals surface area contributed by atoms with Crippen molar-refractivity contribution in [2.45, 2.75) is 90.5 Å². The molecule has 1 unspecified atom stereocenters. The highest BCUT2D eigenvalue weighted by atomic mass is 32.1. The highest BCUT2D eigenvalue weighted by molar-refractivity contribution is 7.81. The predicted molar refractivity (Wildman–Crippen MR) is 108 cm³/mol. The first-order valence-corrected chi connectivity index (χ1v) is 10.8. The lowest BCUT2D eigenvalue weighted by molar-refractivity contribution is -0.131. The molecule has 1 aliphatic rings. The summed E-state index contributed by atoms with van der Waals surface area (Å²) >= 11 is 4.13. The van der Waals surface area contributed by atoms with Crippen LogP contribution in [0.15, 0.2) is 0 Å². The van der Waals surface area contributed by atoms with Crippen molar-refractivity contribution in [3.8, 4) is 0 Å². The summed E-state index contributed by atoms with van der Waals surface area (Å²) in [4.78, 5) is 16.5. The van der Waals surface area contributed by atoms with Crippen molar-refractivity contribution in [3.63, 3.8) is 0 Å². The Bertz CT molecular complexity index is 343. The Balaban J connectivity index is 2.52. The Kier molecular flexibility index (Phi) is 11.1. The van der Waals surface area contributed by atoms with Gasteiger partial charge in [-0.2, -0.15) is 12.6 Å². The lowest BCUT2D eigenvalue weighted by Gasteiger charge is -2.46. The van der Waals surface area contributed by atoms with Gasteiger partial charge >= 0.3 is 0 Å². The van der Waals surface area contributed by atoms with Crippen molar-refractivity contribution in [2.24, 2.45) is 0 Å². The standard InChI is InChI=1S/C20H40N2OS/c1-4-6-8-9-11-13-20(3,12-10-7-5-2)22-16-14-21(15-17-22)19(23)18-24/h24H,4-18H2,1-3H3. The van der Waals surface area contributed by atoms with E-state index in [1.54, 1.807) is 0 Å². The number of nitrogens with zero attached hydrogens (tertiary/aromatic N) is 2. The largest absolute Gasteiger partial charge is 0.339 e. The number of unbranched alkanes of at least 4 members (excludes halogenated alkanes) is 6. The average molecular weight is 357 g/mol. The van der Waals surface area contributed by atoms with E-state index in [1.165, 1.54) is 64.2 Å². The molecule has 0 N–H and O–H groups in total. The summed E-state index contributed by atoms with van der Waals surface area (Å²) < 4.78 is 0. The van der Waals surface area contributed by atoms with Gasteiger partial charge in [-0.15, -0.1) is 0 Å². The summed E-state index contributed by atoms with van der Waals surface area (Å²) in [5.74, 6) is 0.524. The average Bonchev–Trinajstić information content (AvgIpc) is 2.61. The first kappa shape index (κ1) is 21.8. The second-order valence-corrected chi connectivity index (χ2v) is 7.96. The molecule has 1 fully saturated rings. The Morgan fingerprint density at radius 3 is 1.92 bits per heavy atom. The van der Waals surface area contributed by atoms with Gasteiger partial charge in [-0.1, -0.05) is 65.2 Å². The van der Waals surface area contributed by atoms with Crippen molar-refractivity contribution in [2.75, 3.05) is 31.9 Å². The van der Waals surface area contributed by atoms with Gasteiger partial charge in [-0.25, -0.2) is 0 Å². The van der Waals surface area contributed by atoms with Crippen LogP contribution in [-0.4, -0.2) is 53.2 Å². The number of amides is 1. The highest BCUT2D eigenvalue weighted by Gasteiger charge is 2.33. The molecule has 0 spiro atoms. The number of rotatable bonds is 12. The zero-order valence-corrected chi connectivity index (χ0v) is 17.3. The van der Waals surface area contributed by atoms with E-state index in [9.17, 15) is 4.79 Å². The van der Waals surface area contributed by atoms with E-state index in [4.69, 9.17) is 0 Å². The fourth-order valence-corrected chi connectivity index (χ4v) is 4.10. The van der Waals surface area contributed by atoms with Crippen LogP contribution < -0.4 is 0 Å². The van der Waals surface area contributed by atoms with E-state index >= 15 is 0 Å². The molecule has 1 atom stereocenters. The van der Waals surface area contributed by atoms with Crippen molar-refractivity contribution in [1.29, 1.82) is 0 Å². The zero-order valence-electron chi connectivity index (χ0n) is 16.4. The van der Waals surface area contributed by atoms with Crippen LogP contribution >= 0.6 is 12.6 Å². The number of hydrogen-bond donors (Lipinski definition) is 1. The maximum absolute atomic E-state index is 11.8. The lowest BCUT2D eigenvalue weighted by Crippen LogP contribution is -2.57. The molecule has 1 rings (SSSR count). The van der Waals surface area contributed by atoms with E-state index < -0.39 is 0 Å². The molecule has 1 amide bonds. The van der Waals surface area contributed by atoms with Crippen LogP contribution in [0.25, 0.3) is 0 Å². The zero-order chi connectivity index (χ0) is 17.8. The van der Waals surface area contributed by atoms with Gasteiger partial charge in [0.2, 0.25) is 5.91 Å². The molecule has 0 aromatic heterocycles. The minimum Gasteiger partial charge on any atom is -0.339 e. The Labute approximate surface area is 156 Å². The second-order valence-electron chi connectivity index (χ2n) is 7.64. The van der Waals surface area contributed by atoms with E-state index in [2.05, 4.69) is 38.3 Å². The van der Waals surface area contributed by atoms with Gasteiger partial charge in [-0.05, 0) is 19.8 Å². The summed E-state index contributed by atoms with van der Waals surface area (Å²) in [7, 11) is 0. The second kappa shape index (κ2) is 12.2. The molecule has 0 radical (unpaired) electrons. The number of piperazine rings is 1. The summed E-state index contributed by atoms with van der Waals surface area (Å²) in [5.41, 5.74) is 0.317. The molecule has 142 valence electrons. The van der Waals surface area contributed by atoms with Crippen LogP contribution in [0.3, 0.4) is 0 Å². The normalized spacial score (nSPS) is 18.6. The molecule has 24 heavy (non-hydrogen) atoms. The SMILES string of the molecule is CCCCCCCC(C)(CCCCC)N1CCN(C(=O)CS)CC1. The molecule has 0 aromatic carbocycles. The molecule has 1 heterocycles. The molecule has 1 aliphatic heterocycles. The third-order valence-electron chi connectivity index (χ3n) is 5.67. The number of carbonyl (C=O) groups is 1. The Morgan fingerprint density at radius 2 is 1.38 bits per heavy atom. The molecule has 0 aliphatic carbocycles. The fraction of sp³-hybridized carbons (Fsp3) is 0.950. The summed E-state index contributed by atoms with van der Waals surface area (Å²) in [6.45, 7) is 10.8. The van der Waals surface area contributed by atoms with Crippen LogP contribution in [0.5, 0.6) is 0 Å². The summed E-state index contributed by atoms with van der Waals surface area (Å²) in [5, 5.41) is 0. The van der Waals surface area contributed by atoms with Crippen LogP contribution in [0.2, 0.25) is 0 Å². The molecule has 3 nitrogen and oxygen atoms in total. The third-order valence-corrected chi connectivity index (χ3v) is 5.94. The number of hydrogen-bond acceptors (Lipinski definition) is 3. The van der Waals surface area contributed by atoms with Crippen LogP contribution in [-0.2, 0) is 4.79 Å². The molecule has 4 heteroatoms.